The Morgan fingerprint density at radius 1 is 1.17 bits per heavy atom. The van der Waals surface area contributed by atoms with Gasteiger partial charge < -0.3 is 26.4 Å². The molecule has 1 amide bonds. The van der Waals surface area contributed by atoms with Crippen molar-refractivity contribution >= 4 is 12.0 Å². The molecule has 1 aromatic heterocycles. The smallest absolute Gasteiger partial charge is 0.410 e. The van der Waals surface area contributed by atoms with Crippen molar-refractivity contribution in [3.05, 3.63) is 57.5 Å². The molecule has 0 saturated heterocycles. The van der Waals surface area contributed by atoms with Crippen molar-refractivity contribution in [1.82, 2.24) is 14.5 Å². The lowest BCUT2D eigenvalue weighted by molar-refractivity contribution is 0.0314. The first kappa shape index (κ1) is 23.8. The Morgan fingerprint density at radius 3 is 2.51 bits per heavy atom. The molecule has 0 bridgehead atoms. The lowest BCUT2D eigenvalue weighted by Gasteiger charge is -2.37. The van der Waals surface area contributed by atoms with Crippen molar-refractivity contribution in [1.29, 1.82) is 0 Å². The molecule has 3 aliphatic rings. The van der Waals surface area contributed by atoms with Crippen LogP contribution in [0.3, 0.4) is 0 Å². The van der Waals surface area contributed by atoms with Crippen molar-refractivity contribution in [2.75, 3.05) is 18.9 Å². The fraction of sp³-hybridized carbons (Fsp3) is 0.577. The molecule has 2 fully saturated rings. The number of nitrogens with two attached hydrogens (primary N) is 2. The third-order valence-electron chi connectivity index (χ3n) is 7.90. The molecule has 1 aliphatic heterocycles. The number of hydrogen-bond acceptors (Lipinski definition) is 7. The highest BCUT2D eigenvalue weighted by Crippen LogP contribution is 2.41. The van der Waals surface area contributed by atoms with Crippen molar-refractivity contribution < 1.29 is 9.53 Å². The van der Waals surface area contributed by atoms with Crippen LogP contribution < -0.4 is 22.3 Å². The highest BCUT2D eigenvalue weighted by molar-refractivity contribution is 5.68. The maximum atomic E-state index is 13.8. The first-order valence-corrected chi connectivity index (χ1v) is 12.8. The lowest BCUT2D eigenvalue weighted by atomic mass is 9.77. The molecular weight excluding hydrogens is 444 g/mol. The molecule has 5 N–H and O–H groups in total. The molecule has 1 atom stereocenters. The van der Waals surface area contributed by atoms with E-state index < -0.39 is 5.66 Å². The van der Waals surface area contributed by atoms with E-state index in [4.69, 9.17) is 21.2 Å². The van der Waals surface area contributed by atoms with Crippen molar-refractivity contribution in [2.24, 2.45) is 17.4 Å². The van der Waals surface area contributed by atoms with E-state index in [-0.39, 0.29) is 30.3 Å². The van der Waals surface area contributed by atoms with Crippen LogP contribution in [0.25, 0.3) is 0 Å². The summed E-state index contributed by atoms with van der Waals surface area (Å²) in [6.07, 6.45) is 5.90. The third-order valence-corrected chi connectivity index (χ3v) is 7.90. The predicted molar refractivity (Wildman–Crippen MR) is 134 cm³/mol. The van der Waals surface area contributed by atoms with Gasteiger partial charge in [0.2, 0.25) is 5.95 Å². The maximum absolute atomic E-state index is 13.8. The van der Waals surface area contributed by atoms with Crippen LogP contribution in [-0.4, -0.2) is 45.9 Å². The van der Waals surface area contributed by atoms with Gasteiger partial charge in [-0.2, -0.15) is 0 Å². The van der Waals surface area contributed by atoms with Gasteiger partial charge in [-0.1, -0.05) is 36.8 Å². The summed E-state index contributed by atoms with van der Waals surface area (Å²) in [5, 5.41) is 3.15. The van der Waals surface area contributed by atoms with E-state index in [1.165, 1.54) is 6.42 Å². The van der Waals surface area contributed by atoms with E-state index >= 15 is 0 Å². The quantitative estimate of drug-likeness (QED) is 0.561. The second kappa shape index (κ2) is 9.62. The zero-order valence-corrected chi connectivity index (χ0v) is 20.4. The zero-order chi connectivity index (χ0) is 24.6. The minimum Gasteiger partial charge on any atom is -0.446 e. The second-order valence-electron chi connectivity index (χ2n) is 10.3. The van der Waals surface area contributed by atoms with Crippen LogP contribution in [0.2, 0.25) is 0 Å². The Morgan fingerprint density at radius 2 is 1.89 bits per heavy atom. The second-order valence-corrected chi connectivity index (χ2v) is 10.3. The number of nitrogens with zero attached hydrogens (tertiary/aromatic N) is 3. The molecule has 1 aromatic carbocycles. The number of aromatic nitrogens is 2. The molecule has 2 aromatic rings. The van der Waals surface area contributed by atoms with Gasteiger partial charge in [-0.25, -0.2) is 9.78 Å². The topological polar surface area (TPSA) is 128 Å². The Bertz CT molecular complexity index is 1120. The summed E-state index contributed by atoms with van der Waals surface area (Å²) in [6.45, 7) is 0.703. The van der Waals surface area contributed by atoms with Crippen LogP contribution in [0.15, 0.2) is 35.1 Å². The van der Waals surface area contributed by atoms with E-state index in [1.54, 1.807) is 11.9 Å². The van der Waals surface area contributed by atoms with Gasteiger partial charge in [0.15, 0.2) is 0 Å². The summed E-state index contributed by atoms with van der Waals surface area (Å²) in [5.74, 6) is 0.951. The molecule has 2 aliphatic carbocycles. The molecule has 2 heterocycles. The maximum Gasteiger partial charge on any atom is 0.410 e. The van der Waals surface area contributed by atoms with Crippen LogP contribution in [0.5, 0.6) is 0 Å². The van der Waals surface area contributed by atoms with E-state index in [0.29, 0.717) is 61.8 Å². The van der Waals surface area contributed by atoms with Gasteiger partial charge in [0.1, 0.15) is 6.10 Å². The van der Waals surface area contributed by atoms with E-state index in [0.717, 1.165) is 18.4 Å². The molecule has 9 nitrogen and oxygen atoms in total. The van der Waals surface area contributed by atoms with Gasteiger partial charge in [-0.15, -0.1) is 0 Å². The number of ether oxygens (including phenoxy) is 1. The van der Waals surface area contributed by atoms with Crippen LogP contribution in [0.1, 0.15) is 67.8 Å². The Balaban J connectivity index is 1.39. The SMILES string of the molecule is CNc1nc2c(c(=O)n1C(c1ccccc1)C1CCC1)CCN(C(=O)OC1CCC(N)(N)CC1)C2. The Labute approximate surface area is 205 Å². The molecule has 1 unspecified atom stereocenters. The van der Waals surface area contributed by atoms with E-state index in [1.807, 2.05) is 22.8 Å². The highest BCUT2D eigenvalue weighted by Gasteiger charge is 2.36. The van der Waals surface area contributed by atoms with Crippen molar-refractivity contribution in [2.45, 2.75) is 75.7 Å². The van der Waals surface area contributed by atoms with Crippen LogP contribution >= 0.6 is 0 Å². The summed E-state index contributed by atoms with van der Waals surface area (Å²) in [5.41, 5.74) is 13.8. The summed E-state index contributed by atoms with van der Waals surface area (Å²) < 4.78 is 7.60. The molecule has 35 heavy (non-hydrogen) atoms. The van der Waals surface area contributed by atoms with Crippen LogP contribution in [0.4, 0.5) is 10.7 Å². The molecular formula is C26H36N6O3. The monoisotopic (exact) mass is 480 g/mol. The number of rotatable bonds is 5. The van der Waals surface area contributed by atoms with Crippen molar-refractivity contribution in [3.8, 4) is 0 Å². The number of benzene rings is 1. The van der Waals surface area contributed by atoms with Gasteiger partial charge in [-0.3, -0.25) is 9.36 Å². The van der Waals surface area contributed by atoms with Crippen LogP contribution in [-0.2, 0) is 17.7 Å². The minimum atomic E-state index is -0.669. The highest BCUT2D eigenvalue weighted by atomic mass is 16.6. The van der Waals surface area contributed by atoms with E-state index in [2.05, 4.69) is 17.4 Å². The largest absolute Gasteiger partial charge is 0.446 e. The molecule has 5 rings (SSSR count). The number of nitrogens with one attached hydrogen (secondary N) is 1. The number of amides is 1. The number of hydrogen-bond donors (Lipinski definition) is 3. The predicted octanol–water partition coefficient (Wildman–Crippen LogP) is 2.73. The zero-order valence-electron chi connectivity index (χ0n) is 20.4. The fourth-order valence-corrected chi connectivity index (χ4v) is 5.59. The first-order valence-electron chi connectivity index (χ1n) is 12.8. The van der Waals surface area contributed by atoms with E-state index in [9.17, 15) is 9.59 Å². The fourth-order valence-electron chi connectivity index (χ4n) is 5.59. The number of fused-ring (bicyclic) bond motifs is 1. The third kappa shape index (κ3) is 4.79. The molecule has 0 radical (unpaired) electrons. The average Bonchev–Trinajstić information content (AvgIpc) is 2.83. The van der Waals surface area contributed by atoms with Gasteiger partial charge in [0.25, 0.3) is 5.56 Å². The summed E-state index contributed by atoms with van der Waals surface area (Å²) >= 11 is 0. The molecule has 2 saturated carbocycles. The summed E-state index contributed by atoms with van der Waals surface area (Å²) in [6, 6.07) is 10.2. The van der Waals surface area contributed by atoms with Crippen molar-refractivity contribution in [3.63, 3.8) is 0 Å². The number of anilines is 1. The Kier molecular flexibility index (Phi) is 6.55. The minimum absolute atomic E-state index is 0.0115. The van der Waals surface area contributed by atoms with Gasteiger partial charge in [-0.05, 0) is 56.4 Å². The van der Waals surface area contributed by atoms with Gasteiger partial charge in [0.05, 0.1) is 23.9 Å². The standard InChI is InChI=1S/C26H36N6O3/c1-29-24-30-21-16-31(25(34)35-19-10-13-26(27,28)14-11-19)15-12-20(21)23(33)32(24)22(18-8-5-9-18)17-6-3-2-4-7-17/h2-4,6-7,18-19,22H,5,8-16,27-28H2,1H3,(H,29,30). The first-order chi connectivity index (χ1) is 16.9. The lowest BCUT2D eigenvalue weighted by Crippen LogP contribution is -2.53. The summed E-state index contributed by atoms with van der Waals surface area (Å²) in [7, 11) is 1.79. The molecule has 9 heteroatoms. The van der Waals surface area contributed by atoms with Crippen LogP contribution in [0, 0.1) is 5.92 Å². The Hall–Kier alpha value is -2.91. The molecule has 188 valence electrons. The normalized spacial score (nSPS) is 21.1. The summed E-state index contributed by atoms with van der Waals surface area (Å²) in [4.78, 5) is 33.2. The average molecular weight is 481 g/mol. The molecule has 0 spiro atoms. The van der Waals surface area contributed by atoms with Gasteiger partial charge >= 0.3 is 6.09 Å². The number of carbonyl (C=O) groups is 1. The van der Waals surface area contributed by atoms with Gasteiger partial charge in [0, 0.05) is 19.2 Å². The number of carbonyl (C=O) groups excluding carboxylic acids is 1.